The highest BCUT2D eigenvalue weighted by atomic mass is 31.2. The summed E-state index contributed by atoms with van der Waals surface area (Å²) in [6, 6.07) is 0. The van der Waals surface area contributed by atoms with Gasteiger partial charge in [0.05, 0.1) is 11.7 Å². The summed E-state index contributed by atoms with van der Waals surface area (Å²) >= 11 is 0. The van der Waals surface area contributed by atoms with E-state index in [0.717, 1.165) is 0 Å². The third-order valence-electron chi connectivity index (χ3n) is 3.12. The number of rotatable bonds is 5. The van der Waals surface area contributed by atoms with Crippen LogP contribution in [0.25, 0.3) is 0 Å². The molecule has 0 aromatic carbocycles. The molecule has 0 saturated heterocycles. The van der Waals surface area contributed by atoms with E-state index in [9.17, 15) is 9.46 Å². The van der Waals surface area contributed by atoms with Gasteiger partial charge in [0.2, 0.25) is 0 Å². The third-order valence-corrected chi connectivity index (χ3v) is 4.44. The average molecular weight is 294 g/mol. The molecule has 0 saturated carbocycles. The van der Waals surface area contributed by atoms with Gasteiger partial charge in [-0.15, -0.1) is 0 Å². The van der Waals surface area contributed by atoms with E-state index < -0.39 is 13.4 Å². The van der Waals surface area contributed by atoms with E-state index in [1.807, 2.05) is 27.7 Å². The Morgan fingerprint density at radius 1 is 1.05 bits per heavy atom. The SMILES string of the molecule is CC(C)OP(=O)(O)OC(C)(CC(C)(C)C)C(C)(C)C. The van der Waals surface area contributed by atoms with Crippen molar-refractivity contribution in [3.05, 3.63) is 0 Å². The Morgan fingerprint density at radius 3 is 1.74 bits per heavy atom. The molecule has 0 rings (SSSR count). The van der Waals surface area contributed by atoms with Crippen molar-refractivity contribution in [2.24, 2.45) is 10.8 Å². The molecule has 0 aromatic heterocycles. The normalized spacial score (nSPS) is 20.2. The van der Waals surface area contributed by atoms with Crippen molar-refractivity contribution in [2.75, 3.05) is 0 Å². The summed E-state index contributed by atoms with van der Waals surface area (Å²) < 4.78 is 22.7. The van der Waals surface area contributed by atoms with E-state index >= 15 is 0 Å². The minimum Gasteiger partial charge on any atom is -0.302 e. The quantitative estimate of drug-likeness (QED) is 0.742. The van der Waals surface area contributed by atoms with Gasteiger partial charge in [0, 0.05) is 0 Å². The van der Waals surface area contributed by atoms with Crippen LogP contribution >= 0.6 is 7.82 Å². The zero-order valence-electron chi connectivity index (χ0n) is 13.9. The van der Waals surface area contributed by atoms with Gasteiger partial charge in [-0.05, 0) is 38.0 Å². The molecule has 2 unspecified atom stereocenters. The van der Waals surface area contributed by atoms with Gasteiger partial charge in [0.1, 0.15) is 0 Å². The lowest BCUT2D eigenvalue weighted by Gasteiger charge is -2.45. The predicted molar refractivity (Wildman–Crippen MR) is 79.1 cm³/mol. The average Bonchev–Trinajstić information content (AvgIpc) is 1.91. The predicted octanol–water partition coefficient (Wildman–Crippen LogP) is 4.77. The number of phosphoric ester groups is 1. The van der Waals surface area contributed by atoms with Gasteiger partial charge in [-0.3, -0.25) is 9.05 Å². The highest BCUT2D eigenvalue weighted by Crippen LogP contribution is 2.55. The van der Waals surface area contributed by atoms with E-state index in [-0.39, 0.29) is 16.9 Å². The molecule has 0 heterocycles. The molecular formula is C14H31O4P. The highest BCUT2D eigenvalue weighted by molar-refractivity contribution is 7.47. The van der Waals surface area contributed by atoms with Crippen LogP contribution in [-0.4, -0.2) is 16.6 Å². The molecule has 0 radical (unpaired) electrons. The molecular weight excluding hydrogens is 263 g/mol. The van der Waals surface area contributed by atoms with Gasteiger partial charge in [-0.2, -0.15) is 0 Å². The Bertz CT molecular complexity index is 338. The fourth-order valence-electron chi connectivity index (χ4n) is 1.99. The number of phosphoric acid groups is 1. The lowest BCUT2D eigenvalue weighted by atomic mass is 9.70. The van der Waals surface area contributed by atoms with Gasteiger partial charge < -0.3 is 4.89 Å². The molecule has 0 spiro atoms. The van der Waals surface area contributed by atoms with Crippen molar-refractivity contribution in [1.82, 2.24) is 0 Å². The third kappa shape index (κ3) is 6.89. The monoisotopic (exact) mass is 294 g/mol. The molecule has 0 aliphatic heterocycles. The van der Waals surface area contributed by atoms with Crippen LogP contribution in [0.15, 0.2) is 0 Å². The maximum Gasteiger partial charge on any atom is 0.472 e. The number of hydrogen-bond acceptors (Lipinski definition) is 3. The van der Waals surface area contributed by atoms with E-state index in [4.69, 9.17) is 9.05 Å². The van der Waals surface area contributed by atoms with Gasteiger partial charge in [-0.25, -0.2) is 4.57 Å². The van der Waals surface area contributed by atoms with E-state index in [1.54, 1.807) is 13.8 Å². The summed E-state index contributed by atoms with van der Waals surface area (Å²) in [6.07, 6.45) is 0.310. The standard InChI is InChI=1S/C14H31O4P/c1-11(2)17-19(15,16)18-14(9,13(6,7)8)10-12(3,4)5/h11H,10H2,1-9H3,(H,15,16). The maximum atomic E-state index is 12.1. The van der Waals surface area contributed by atoms with Crippen LogP contribution in [0.1, 0.15) is 68.7 Å². The Kier molecular flexibility index (Phi) is 5.88. The van der Waals surface area contributed by atoms with Crippen LogP contribution in [0.3, 0.4) is 0 Å². The summed E-state index contributed by atoms with van der Waals surface area (Å²) in [5.41, 5.74) is -1.04. The fourth-order valence-corrected chi connectivity index (χ4v) is 3.41. The van der Waals surface area contributed by atoms with Crippen LogP contribution in [0.2, 0.25) is 0 Å². The van der Waals surface area contributed by atoms with Crippen LogP contribution in [0.4, 0.5) is 0 Å². The largest absolute Gasteiger partial charge is 0.472 e. The molecule has 0 bridgehead atoms. The van der Waals surface area contributed by atoms with Gasteiger partial charge in [-0.1, -0.05) is 41.5 Å². The van der Waals surface area contributed by atoms with Crippen LogP contribution < -0.4 is 0 Å². The molecule has 0 amide bonds. The molecule has 5 heteroatoms. The minimum atomic E-state index is -4.05. The van der Waals surface area contributed by atoms with Crippen molar-refractivity contribution in [3.8, 4) is 0 Å². The van der Waals surface area contributed by atoms with E-state index in [1.165, 1.54) is 0 Å². The van der Waals surface area contributed by atoms with Crippen LogP contribution in [0, 0.1) is 10.8 Å². The van der Waals surface area contributed by atoms with Crippen molar-refractivity contribution in [3.63, 3.8) is 0 Å². The van der Waals surface area contributed by atoms with Crippen LogP contribution in [-0.2, 0) is 13.6 Å². The molecule has 1 N–H and O–H groups in total. The summed E-state index contributed by atoms with van der Waals surface area (Å²) in [5.74, 6) is 0. The Balaban J connectivity index is 5.25. The van der Waals surface area contributed by atoms with Crippen molar-refractivity contribution >= 4 is 7.82 Å². The van der Waals surface area contributed by atoms with Gasteiger partial charge in [0.25, 0.3) is 0 Å². The molecule has 0 aromatic rings. The van der Waals surface area contributed by atoms with Crippen molar-refractivity contribution < 1.29 is 18.5 Å². The second kappa shape index (κ2) is 5.85. The van der Waals surface area contributed by atoms with Crippen molar-refractivity contribution in [1.29, 1.82) is 0 Å². The first-order valence-corrected chi connectivity index (χ1v) is 8.29. The summed E-state index contributed by atoms with van der Waals surface area (Å²) in [7, 11) is -4.05. The molecule has 19 heavy (non-hydrogen) atoms. The first-order valence-electron chi connectivity index (χ1n) is 6.80. The smallest absolute Gasteiger partial charge is 0.302 e. The minimum absolute atomic E-state index is 0.0140. The highest BCUT2D eigenvalue weighted by Gasteiger charge is 2.46. The van der Waals surface area contributed by atoms with Crippen LogP contribution in [0.5, 0.6) is 0 Å². The zero-order valence-corrected chi connectivity index (χ0v) is 14.8. The van der Waals surface area contributed by atoms with E-state index in [2.05, 4.69) is 20.8 Å². The summed E-state index contributed by atoms with van der Waals surface area (Å²) in [6.45, 7) is 17.6. The Morgan fingerprint density at radius 2 is 1.47 bits per heavy atom. The lowest BCUT2D eigenvalue weighted by Crippen LogP contribution is -2.45. The second-order valence-electron chi connectivity index (χ2n) is 7.93. The molecule has 2 atom stereocenters. The molecule has 0 aliphatic carbocycles. The summed E-state index contributed by atoms with van der Waals surface area (Å²) in [4.78, 5) is 9.89. The lowest BCUT2D eigenvalue weighted by molar-refractivity contribution is -0.0714. The summed E-state index contributed by atoms with van der Waals surface area (Å²) in [5, 5.41) is 0. The molecule has 4 nitrogen and oxygen atoms in total. The maximum absolute atomic E-state index is 12.1. The van der Waals surface area contributed by atoms with Crippen molar-refractivity contribution in [2.45, 2.75) is 80.4 Å². The zero-order chi connectivity index (χ0) is 15.7. The van der Waals surface area contributed by atoms with Gasteiger partial charge >= 0.3 is 7.82 Å². The first kappa shape index (κ1) is 19.1. The fraction of sp³-hybridized carbons (Fsp3) is 1.00. The molecule has 0 aliphatic rings. The second-order valence-corrected chi connectivity index (χ2v) is 9.26. The van der Waals surface area contributed by atoms with E-state index in [0.29, 0.717) is 6.42 Å². The Labute approximate surface area is 118 Å². The Hall–Kier alpha value is 0.110. The van der Waals surface area contributed by atoms with Gasteiger partial charge in [0.15, 0.2) is 0 Å². The topological polar surface area (TPSA) is 55.8 Å². The molecule has 116 valence electrons. The number of hydrogen-bond donors (Lipinski definition) is 1. The first-order chi connectivity index (χ1) is 8.08. The molecule has 0 fully saturated rings.